The summed E-state index contributed by atoms with van der Waals surface area (Å²) in [7, 11) is 1.54. The lowest BCUT2D eigenvalue weighted by atomic mass is 9.84. The zero-order valence-corrected chi connectivity index (χ0v) is 19.4. The molecule has 1 heterocycles. The number of hydrogen-bond donors (Lipinski definition) is 5. The summed E-state index contributed by atoms with van der Waals surface area (Å²) in [6, 6.07) is 13.7. The maximum Gasteiger partial charge on any atom is 0.330 e. The second kappa shape index (κ2) is 11.1. The van der Waals surface area contributed by atoms with Crippen LogP contribution in [0.4, 0.5) is 4.79 Å². The van der Waals surface area contributed by atoms with Gasteiger partial charge in [0.1, 0.15) is 18.2 Å². The summed E-state index contributed by atoms with van der Waals surface area (Å²) < 4.78 is 10.5. The highest BCUT2D eigenvalue weighted by Crippen LogP contribution is 2.32. The number of imide groups is 1. The molecule has 6 N–H and O–H groups in total. The maximum atomic E-state index is 13.0. The number of ether oxygens (including phenoxy) is 2. The second-order valence-electron chi connectivity index (χ2n) is 8.02. The standard InChI is InChI=1S/C24H28N6O5/c1-14(16-6-4-3-5-7-16)28-24(33)30-20(18(21(30)31)12-19(25)29-23(26)27)22(32)35-13-15-8-10-17(34-2)11-9-15/h3-11,14,18,20H,12-13H2,1-2H3,(H,28,33)(H5,25,26,27,29)/t14-,18-,20+/m1/s1. The molecule has 11 heteroatoms. The lowest BCUT2D eigenvalue weighted by Gasteiger charge is -2.43. The van der Waals surface area contributed by atoms with Crippen molar-refractivity contribution >= 4 is 29.7 Å². The van der Waals surface area contributed by atoms with Gasteiger partial charge in [0.25, 0.3) is 0 Å². The van der Waals surface area contributed by atoms with Gasteiger partial charge < -0.3 is 25.8 Å². The van der Waals surface area contributed by atoms with E-state index < -0.39 is 41.9 Å². The first kappa shape index (κ1) is 25.2. The molecule has 0 unspecified atom stereocenters. The number of β-lactam (4-membered cyclic amide) rings is 1. The molecule has 184 valence electrons. The summed E-state index contributed by atoms with van der Waals surface area (Å²) in [5.74, 6) is -2.44. The van der Waals surface area contributed by atoms with Crippen molar-refractivity contribution in [3.63, 3.8) is 0 Å². The third-order valence-electron chi connectivity index (χ3n) is 5.56. The smallest absolute Gasteiger partial charge is 0.330 e. The van der Waals surface area contributed by atoms with Crippen LogP contribution in [0.25, 0.3) is 0 Å². The fourth-order valence-corrected chi connectivity index (χ4v) is 3.72. The Balaban J connectivity index is 1.72. The molecule has 1 aliphatic heterocycles. The number of nitrogens with zero attached hydrogens (tertiary/aromatic N) is 1. The number of likely N-dealkylation sites (tertiary alicyclic amines) is 1. The van der Waals surface area contributed by atoms with E-state index in [9.17, 15) is 14.4 Å². The average molecular weight is 481 g/mol. The Morgan fingerprint density at radius 1 is 1.11 bits per heavy atom. The summed E-state index contributed by atoms with van der Waals surface area (Å²) >= 11 is 0. The van der Waals surface area contributed by atoms with Crippen molar-refractivity contribution in [2.75, 3.05) is 7.11 Å². The van der Waals surface area contributed by atoms with Gasteiger partial charge in [0.15, 0.2) is 12.0 Å². The van der Waals surface area contributed by atoms with E-state index in [1.54, 1.807) is 38.3 Å². The van der Waals surface area contributed by atoms with Crippen molar-refractivity contribution in [1.29, 1.82) is 10.8 Å². The molecule has 2 aromatic carbocycles. The van der Waals surface area contributed by atoms with E-state index in [1.165, 1.54) is 0 Å². The van der Waals surface area contributed by atoms with E-state index >= 15 is 0 Å². The SMILES string of the molecule is COc1ccc(COC(=O)[C@@H]2[C@@H](CC(=N)NC(=N)N)C(=O)N2C(=O)N[C@H](C)c2ccccc2)cc1. The molecule has 0 radical (unpaired) electrons. The minimum absolute atomic E-state index is 0.0702. The number of nitrogens with two attached hydrogens (primary N) is 1. The van der Waals surface area contributed by atoms with E-state index in [0.29, 0.717) is 11.3 Å². The van der Waals surface area contributed by atoms with Crippen molar-refractivity contribution < 1.29 is 23.9 Å². The van der Waals surface area contributed by atoms with Crippen molar-refractivity contribution in [2.45, 2.75) is 32.0 Å². The minimum Gasteiger partial charge on any atom is -0.497 e. The predicted molar refractivity (Wildman–Crippen MR) is 128 cm³/mol. The van der Waals surface area contributed by atoms with Crippen molar-refractivity contribution in [3.05, 3.63) is 65.7 Å². The molecule has 3 rings (SSSR count). The maximum absolute atomic E-state index is 13.0. The topological polar surface area (TPSA) is 171 Å². The van der Waals surface area contributed by atoms with Gasteiger partial charge in [-0.15, -0.1) is 0 Å². The molecule has 0 bridgehead atoms. The number of methoxy groups -OCH3 is 1. The van der Waals surface area contributed by atoms with E-state index in [0.717, 1.165) is 10.5 Å². The highest BCUT2D eigenvalue weighted by molar-refractivity contribution is 6.10. The predicted octanol–water partition coefficient (Wildman–Crippen LogP) is 1.89. The first-order valence-electron chi connectivity index (χ1n) is 10.9. The summed E-state index contributed by atoms with van der Waals surface area (Å²) in [6.45, 7) is 1.69. The Labute approximate surface area is 202 Å². The monoisotopic (exact) mass is 480 g/mol. The van der Waals surface area contributed by atoms with Crippen LogP contribution >= 0.6 is 0 Å². The Bertz CT molecular complexity index is 1110. The van der Waals surface area contributed by atoms with Gasteiger partial charge in [-0.1, -0.05) is 42.5 Å². The largest absolute Gasteiger partial charge is 0.497 e. The molecular formula is C24H28N6O5. The summed E-state index contributed by atoms with van der Waals surface area (Å²) in [5.41, 5.74) is 6.77. The van der Waals surface area contributed by atoms with Crippen LogP contribution in [0.5, 0.6) is 5.75 Å². The van der Waals surface area contributed by atoms with Crippen molar-refractivity contribution in [1.82, 2.24) is 15.5 Å². The number of rotatable bonds is 8. The molecule has 0 saturated carbocycles. The Morgan fingerprint density at radius 2 is 1.77 bits per heavy atom. The molecule has 1 fully saturated rings. The number of amides is 3. The van der Waals surface area contributed by atoms with Crippen molar-refractivity contribution in [2.24, 2.45) is 11.7 Å². The molecule has 11 nitrogen and oxygen atoms in total. The number of carbonyl (C=O) groups excluding carboxylic acids is 3. The average Bonchev–Trinajstić information content (AvgIpc) is 2.84. The van der Waals surface area contributed by atoms with Gasteiger partial charge >= 0.3 is 12.0 Å². The molecule has 0 aromatic heterocycles. The molecule has 0 aliphatic carbocycles. The molecule has 3 amide bonds. The number of benzene rings is 2. The van der Waals surface area contributed by atoms with Gasteiger partial charge in [-0.2, -0.15) is 0 Å². The number of nitrogens with one attached hydrogen (secondary N) is 4. The van der Waals surface area contributed by atoms with Crippen LogP contribution in [0.2, 0.25) is 0 Å². The molecule has 2 aromatic rings. The van der Waals surface area contributed by atoms with Crippen LogP contribution in [-0.2, 0) is 20.9 Å². The summed E-state index contributed by atoms with van der Waals surface area (Å²) in [5, 5.41) is 20.2. The molecule has 3 atom stereocenters. The van der Waals surface area contributed by atoms with Gasteiger partial charge in [-0.05, 0) is 30.2 Å². The van der Waals surface area contributed by atoms with Gasteiger partial charge in [-0.25, -0.2) is 14.5 Å². The summed E-state index contributed by atoms with van der Waals surface area (Å²) in [6.07, 6.45) is -0.210. The zero-order chi connectivity index (χ0) is 25.5. The number of esters is 1. The van der Waals surface area contributed by atoms with Gasteiger partial charge in [0.2, 0.25) is 5.91 Å². The highest BCUT2D eigenvalue weighted by Gasteiger charge is 2.55. The quantitative estimate of drug-likeness (QED) is 0.166. The molecule has 35 heavy (non-hydrogen) atoms. The van der Waals surface area contributed by atoms with Crippen molar-refractivity contribution in [3.8, 4) is 5.75 Å². The molecular weight excluding hydrogens is 452 g/mol. The Hall–Kier alpha value is -4.41. The third-order valence-corrected chi connectivity index (χ3v) is 5.56. The van der Waals surface area contributed by atoms with Crippen LogP contribution in [0.1, 0.15) is 30.5 Å². The van der Waals surface area contributed by atoms with Crippen LogP contribution in [-0.4, -0.2) is 47.8 Å². The van der Waals surface area contributed by atoms with Crippen LogP contribution in [0.3, 0.4) is 0 Å². The number of urea groups is 1. The van der Waals surface area contributed by atoms with Crippen LogP contribution in [0.15, 0.2) is 54.6 Å². The number of amidine groups is 1. The van der Waals surface area contributed by atoms with Crippen LogP contribution < -0.4 is 21.1 Å². The molecule has 1 aliphatic rings. The number of guanidine groups is 1. The Morgan fingerprint density at radius 3 is 2.37 bits per heavy atom. The molecule has 0 spiro atoms. The summed E-state index contributed by atoms with van der Waals surface area (Å²) in [4.78, 5) is 39.6. The minimum atomic E-state index is -1.22. The fourth-order valence-electron chi connectivity index (χ4n) is 3.72. The van der Waals surface area contributed by atoms with E-state index in [1.807, 2.05) is 30.3 Å². The zero-order valence-electron chi connectivity index (χ0n) is 19.4. The van der Waals surface area contributed by atoms with E-state index in [2.05, 4.69) is 10.6 Å². The highest BCUT2D eigenvalue weighted by atomic mass is 16.5. The number of carbonyl (C=O) groups is 3. The van der Waals surface area contributed by atoms with Gasteiger partial charge in [0, 0.05) is 6.42 Å². The lowest BCUT2D eigenvalue weighted by molar-refractivity contribution is -0.170. The normalized spacial score (nSPS) is 17.5. The van der Waals surface area contributed by atoms with E-state index in [-0.39, 0.29) is 18.9 Å². The fraction of sp³-hybridized carbons (Fsp3) is 0.292. The third kappa shape index (κ3) is 6.14. The van der Waals surface area contributed by atoms with Gasteiger partial charge in [0.05, 0.1) is 19.1 Å². The number of hydrogen-bond acceptors (Lipinski definition) is 7. The van der Waals surface area contributed by atoms with Gasteiger partial charge in [-0.3, -0.25) is 15.6 Å². The lowest BCUT2D eigenvalue weighted by Crippen LogP contribution is -2.69. The first-order chi connectivity index (χ1) is 16.7. The van der Waals surface area contributed by atoms with E-state index in [4.69, 9.17) is 26.0 Å². The van der Waals surface area contributed by atoms with Crippen LogP contribution in [0, 0.1) is 16.7 Å². The Kier molecular flexibility index (Phi) is 8.03. The molecule has 1 saturated heterocycles. The first-order valence-corrected chi connectivity index (χ1v) is 10.9. The second-order valence-corrected chi connectivity index (χ2v) is 8.02.